The molecule has 5 nitrogen and oxygen atoms in total. The summed E-state index contributed by atoms with van der Waals surface area (Å²) in [5.41, 5.74) is 2.80. The minimum Gasteiger partial charge on any atom is -0.492 e. The van der Waals surface area contributed by atoms with Crippen LogP contribution >= 0.6 is 0 Å². The zero-order valence-corrected chi connectivity index (χ0v) is 16.6. The molecule has 0 unspecified atom stereocenters. The summed E-state index contributed by atoms with van der Waals surface area (Å²) < 4.78 is 5.76. The second-order valence-electron chi connectivity index (χ2n) is 6.89. The maximum Gasteiger partial charge on any atom is 0.284 e. The Labute approximate surface area is 171 Å². The van der Waals surface area contributed by atoms with Crippen molar-refractivity contribution in [3.05, 3.63) is 112 Å². The van der Waals surface area contributed by atoms with Crippen LogP contribution in [0.1, 0.15) is 16.7 Å². The molecule has 0 saturated heterocycles. The lowest BCUT2D eigenvalue weighted by Crippen LogP contribution is -2.19. The smallest absolute Gasteiger partial charge is 0.284 e. The molecule has 0 atom stereocenters. The molecule has 0 radical (unpaired) electrons. The highest BCUT2D eigenvalue weighted by molar-refractivity contribution is 5.95. The summed E-state index contributed by atoms with van der Waals surface area (Å²) in [6.45, 7) is 1.40. The SMILES string of the molecule is CN(C)CCOc1ccc(C(=C(c2ccccc2)[N+](=O)[O-])c2ccccc2)cc1. The van der Waals surface area contributed by atoms with E-state index in [2.05, 4.69) is 0 Å². The Hall–Kier alpha value is -3.44. The van der Waals surface area contributed by atoms with Crippen LogP contribution in [0.5, 0.6) is 5.75 Å². The first-order valence-electron chi connectivity index (χ1n) is 9.43. The van der Waals surface area contributed by atoms with Crippen LogP contribution in [0, 0.1) is 10.1 Å². The number of rotatable bonds is 8. The highest BCUT2D eigenvalue weighted by Gasteiger charge is 2.23. The number of nitro groups is 1. The maximum absolute atomic E-state index is 12.1. The maximum atomic E-state index is 12.1. The van der Waals surface area contributed by atoms with Crippen LogP contribution in [0.25, 0.3) is 11.3 Å². The number of ether oxygens (including phenoxy) is 1. The molecule has 0 heterocycles. The van der Waals surface area contributed by atoms with E-state index in [1.807, 2.05) is 91.8 Å². The van der Waals surface area contributed by atoms with Gasteiger partial charge in [0, 0.05) is 6.54 Å². The van der Waals surface area contributed by atoms with E-state index >= 15 is 0 Å². The van der Waals surface area contributed by atoms with Crippen LogP contribution in [0.4, 0.5) is 0 Å². The second-order valence-corrected chi connectivity index (χ2v) is 6.89. The Morgan fingerprint density at radius 1 is 0.828 bits per heavy atom. The molecule has 3 aromatic rings. The third-order valence-corrected chi connectivity index (χ3v) is 4.48. The van der Waals surface area contributed by atoms with Gasteiger partial charge in [-0.05, 0) is 49.5 Å². The van der Waals surface area contributed by atoms with Gasteiger partial charge in [-0.15, -0.1) is 0 Å². The molecule has 0 fully saturated rings. The van der Waals surface area contributed by atoms with Gasteiger partial charge in [0.2, 0.25) is 0 Å². The van der Waals surface area contributed by atoms with E-state index in [-0.39, 0.29) is 10.6 Å². The minimum absolute atomic E-state index is 0.0816. The van der Waals surface area contributed by atoms with Gasteiger partial charge in [-0.2, -0.15) is 0 Å². The van der Waals surface area contributed by atoms with Crippen LogP contribution in [0.15, 0.2) is 84.9 Å². The molecule has 3 aromatic carbocycles. The van der Waals surface area contributed by atoms with Crippen LogP contribution in [0.3, 0.4) is 0 Å². The van der Waals surface area contributed by atoms with Gasteiger partial charge >= 0.3 is 0 Å². The van der Waals surface area contributed by atoms with Gasteiger partial charge in [-0.25, -0.2) is 0 Å². The quantitative estimate of drug-likeness (QED) is 0.315. The summed E-state index contributed by atoms with van der Waals surface area (Å²) in [5.74, 6) is 0.741. The van der Waals surface area contributed by atoms with Crippen molar-refractivity contribution in [3.63, 3.8) is 0 Å². The molecular formula is C24H24N2O3. The fourth-order valence-electron chi connectivity index (χ4n) is 3.05. The van der Waals surface area contributed by atoms with Crippen molar-refractivity contribution in [2.24, 2.45) is 0 Å². The highest BCUT2D eigenvalue weighted by atomic mass is 16.6. The Balaban J connectivity index is 2.06. The van der Waals surface area contributed by atoms with Crippen molar-refractivity contribution in [1.29, 1.82) is 0 Å². The van der Waals surface area contributed by atoms with Crippen LogP contribution in [-0.4, -0.2) is 37.1 Å². The zero-order valence-electron chi connectivity index (χ0n) is 16.6. The number of nitrogens with zero attached hydrogens (tertiary/aromatic N) is 2. The largest absolute Gasteiger partial charge is 0.492 e. The van der Waals surface area contributed by atoms with Crippen molar-refractivity contribution >= 4 is 11.3 Å². The molecule has 0 aromatic heterocycles. The Morgan fingerprint density at radius 2 is 1.34 bits per heavy atom. The van der Waals surface area contributed by atoms with Crippen LogP contribution in [0.2, 0.25) is 0 Å². The van der Waals surface area contributed by atoms with Crippen molar-refractivity contribution in [2.45, 2.75) is 0 Å². The second kappa shape index (κ2) is 9.66. The number of hydrogen-bond acceptors (Lipinski definition) is 4. The minimum atomic E-state index is -0.306. The molecule has 0 aliphatic rings. The molecule has 0 spiro atoms. The summed E-state index contributed by atoms with van der Waals surface area (Å²) in [5, 5.41) is 12.1. The predicted octanol–water partition coefficient (Wildman–Crippen LogP) is 4.82. The summed E-state index contributed by atoms with van der Waals surface area (Å²) in [7, 11) is 3.98. The van der Waals surface area contributed by atoms with Gasteiger partial charge in [0.15, 0.2) is 0 Å². The summed E-state index contributed by atoms with van der Waals surface area (Å²) >= 11 is 0. The standard InChI is InChI=1S/C24H24N2O3/c1-25(2)17-18-29-22-15-13-20(14-16-22)23(19-9-5-3-6-10-19)24(26(27)28)21-11-7-4-8-12-21/h3-16H,17-18H2,1-2H3. The van der Waals surface area contributed by atoms with E-state index in [0.717, 1.165) is 23.4 Å². The molecule has 0 amide bonds. The Morgan fingerprint density at radius 3 is 1.86 bits per heavy atom. The average Bonchev–Trinajstić information content (AvgIpc) is 2.73. The molecule has 0 aliphatic carbocycles. The summed E-state index contributed by atoms with van der Waals surface area (Å²) in [6.07, 6.45) is 0. The molecule has 0 aliphatic heterocycles. The number of likely N-dealkylation sites (N-methyl/N-ethyl adjacent to an activating group) is 1. The molecule has 0 N–H and O–H groups in total. The van der Waals surface area contributed by atoms with E-state index in [9.17, 15) is 10.1 Å². The predicted molar refractivity (Wildman–Crippen MR) is 116 cm³/mol. The van der Waals surface area contributed by atoms with Gasteiger partial charge in [-0.1, -0.05) is 60.7 Å². The van der Waals surface area contributed by atoms with Gasteiger partial charge in [0.05, 0.1) is 16.1 Å². The van der Waals surface area contributed by atoms with Crippen molar-refractivity contribution in [1.82, 2.24) is 4.90 Å². The zero-order chi connectivity index (χ0) is 20.6. The molecule has 0 saturated carbocycles. The van der Waals surface area contributed by atoms with Crippen LogP contribution < -0.4 is 4.74 Å². The highest BCUT2D eigenvalue weighted by Crippen LogP contribution is 2.33. The molecule has 29 heavy (non-hydrogen) atoms. The molecule has 3 rings (SSSR count). The average molecular weight is 388 g/mol. The van der Waals surface area contributed by atoms with E-state index in [1.54, 1.807) is 12.1 Å². The first-order valence-corrected chi connectivity index (χ1v) is 9.43. The normalized spacial score (nSPS) is 11.8. The molecule has 5 heteroatoms. The van der Waals surface area contributed by atoms with E-state index in [1.165, 1.54) is 0 Å². The van der Waals surface area contributed by atoms with Crippen molar-refractivity contribution < 1.29 is 9.66 Å². The van der Waals surface area contributed by atoms with Crippen molar-refractivity contribution in [2.75, 3.05) is 27.2 Å². The van der Waals surface area contributed by atoms with Gasteiger partial charge in [0.1, 0.15) is 12.4 Å². The molecule has 0 bridgehead atoms. The van der Waals surface area contributed by atoms with Gasteiger partial charge in [-0.3, -0.25) is 10.1 Å². The Bertz CT molecular complexity index is 966. The first-order chi connectivity index (χ1) is 14.1. The lowest BCUT2D eigenvalue weighted by molar-refractivity contribution is -0.374. The topological polar surface area (TPSA) is 55.6 Å². The van der Waals surface area contributed by atoms with Crippen molar-refractivity contribution in [3.8, 4) is 5.75 Å². The number of hydrogen-bond donors (Lipinski definition) is 0. The summed E-state index contributed by atoms with van der Waals surface area (Å²) in [6, 6.07) is 25.9. The third-order valence-electron chi connectivity index (χ3n) is 4.48. The lowest BCUT2D eigenvalue weighted by Gasteiger charge is -2.13. The van der Waals surface area contributed by atoms with E-state index < -0.39 is 0 Å². The lowest BCUT2D eigenvalue weighted by atomic mass is 9.93. The van der Waals surface area contributed by atoms with Crippen LogP contribution in [-0.2, 0) is 0 Å². The fourth-order valence-corrected chi connectivity index (χ4v) is 3.05. The summed E-state index contributed by atoms with van der Waals surface area (Å²) in [4.78, 5) is 13.8. The number of benzene rings is 3. The first kappa shape index (κ1) is 20.3. The van der Waals surface area contributed by atoms with Gasteiger partial charge in [0.25, 0.3) is 5.70 Å². The molecule has 148 valence electrons. The van der Waals surface area contributed by atoms with E-state index in [0.29, 0.717) is 17.7 Å². The van der Waals surface area contributed by atoms with E-state index in [4.69, 9.17) is 4.74 Å². The third kappa shape index (κ3) is 5.30. The fraction of sp³-hybridized carbons (Fsp3) is 0.167. The molecular weight excluding hydrogens is 364 g/mol. The Kier molecular flexibility index (Phi) is 6.76. The van der Waals surface area contributed by atoms with Gasteiger partial charge < -0.3 is 9.64 Å². The monoisotopic (exact) mass is 388 g/mol.